The van der Waals surface area contributed by atoms with Gasteiger partial charge in [0, 0.05) is 19.6 Å². The zero-order valence-electron chi connectivity index (χ0n) is 22.3. The Morgan fingerprint density at radius 1 is 1.16 bits per heavy atom. The summed E-state index contributed by atoms with van der Waals surface area (Å²) in [6.45, 7) is 6.70. The fourth-order valence-electron chi connectivity index (χ4n) is 4.89. The third kappa shape index (κ3) is 6.67. The summed E-state index contributed by atoms with van der Waals surface area (Å²) < 4.78 is 50.2. The summed E-state index contributed by atoms with van der Waals surface area (Å²) in [4.78, 5) is 15.3. The highest BCUT2D eigenvalue weighted by Gasteiger charge is 2.37. The van der Waals surface area contributed by atoms with Crippen LogP contribution in [0.25, 0.3) is 0 Å². The summed E-state index contributed by atoms with van der Waals surface area (Å²) in [7, 11) is 4.76. The van der Waals surface area contributed by atoms with E-state index in [1.807, 2.05) is 43.4 Å². The first kappa shape index (κ1) is 29.0. The van der Waals surface area contributed by atoms with Crippen LogP contribution in [0.5, 0.6) is 11.5 Å². The first-order valence-corrected chi connectivity index (χ1v) is 12.5. The van der Waals surface area contributed by atoms with E-state index in [0.29, 0.717) is 42.9 Å². The Labute approximate surface area is 222 Å². The number of carbonyl (C=O) groups is 1. The predicted octanol–water partition coefficient (Wildman–Crippen LogP) is 6.06. The van der Waals surface area contributed by atoms with Crippen molar-refractivity contribution in [2.45, 2.75) is 44.4 Å². The van der Waals surface area contributed by atoms with Crippen LogP contribution < -0.4 is 14.8 Å². The van der Waals surface area contributed by atoms with Crippen molar-refractivity contribution in [2.75, 3.05) is 27.8 Å². The minimum absolute atomic E-state index is 0.177. The SMILES string of the molecule is C=C(/C=C\C=C/C)[C@H](C(=O)NC)N1CCc2cc(OC)c(OC)cc2[C@@H]1CCc1ccc(C(F)(F)F)cc1. The summed E-state index contributed by atoms with van der Waals surface area (Å²) in [5.74, 6) is 1.03. The fraction of sp³-hybridized carbons (Fsp3) is 0.367. The molecule has 0 radical (unpaired) electrons. The van der Waals surface area contributed by atoms with Crippen molar-refractivity contribution in [1.29, 1.82) is 0 Å². The van der Waals surface area contributed by atoms with E-state index in [-0.39, 0.29) is 11.9 Å². The second-order valence-electron chi connectivity index (χ2n) is 9.12. The van der Waals surface area contributed by atoms with Gasteiger partial charge in [-0.25, -0.2) is 0 Å². The number of hydrogen-bond donors (Lipinski definition) is 1. The molecule has 0 saturated heterocycles. The van der Waals surface area contributed by atoms with Crippen molar-refractivity contribution in [1.82, 2.24) is 10.2 Å². The molecule has 2 atom stereocenters. The molecule has 0 bridgehead atoms. The number of alkyl halides is 3. The van der Waals surface area contributed by atoms with Crippen LogP contribution in [0.1, 0.15) is 41.6 Å². The number of methoxy groups -OCH3 is 2. The Morgan fingerprint density at radius 2 is 1.82 bits per heavy atom. The maximum atomic E-state index is 13.2. The molecule has 0 aliphatic carbocycles. The number of amides is 1. The van der Waals surface area contributed by atoms with Gasteiger partial charge in [0.2, 0.25) is 5.91 Å². The van der Waals surface area contributed by atoms with Crippen LogP contribution in [0, 0.1) is 0 Å². The maximum Gasteiger partial charge on any atom is 0.416 e. The van der Waals surface area contributed by atoms with Crippen LogP contribution in [0.2, 0.25) is 0 Å². The Bertz CT molecular complexity index is 1190. The summed E-state index contributed by atoms with van der Waals surface area (Å²) in [6.07, 6.45) is 4.85. The van der Waals surface area contributed by atoms with Crippen LogP contribution in [-0.4, -0.2) is 44.7 Å². The van der Waals surface area contributed by atoms with Gasteiger partial charge in [-0.1, -0.05) is 43.0 Å². The lowest BCUT2D eigenvalue weighted by molar-refractivity contribution is -0.137. The molecule has 0 saturated carbocycles. The van der Waals surface area contributed by atoms with Gasteiger partial charge in [-0.3, -0.25) is 9.69 Å². The van der Waals surface area contributed by atoms with E-state index in [2.05, 4.69) is 16.8 Å². The Balaban J connectivity index is 2.02. The first-order valence-electron chi connectivity index (χ1n) is 12.5. The third-order valence-corrected chi connectivity index (χ3v) is 6.82. The average molecular weight is 529 g/mol. The normalized spacial score (nSPS) is 16.9. The molecule has 8 heteroatoms. The molecule has 0 unspecified atom stereocenters. The molecular formula is C30H35F3N2O3. The van der Waals surface area contributed by atoms with Crippen LogP contribution >= 0.6 is 0 Å². The molecule has 1 heterocycles. The predicted molar refractivity (Wildman–Crippen MR) is 143 cm³/mol. The molecule has 1 aliphatic heterocycles. The zero-order valence-corrected chi connectivity index (χ0v) is 22.3. The third-order valence-electron chi connectivity index (χ3n) is 6.82. The molecule has 1 amide bonds. The van der Waals surface area contributed by atoms with Crippen molar-refractivity contribution in [2.24, 2.45) is 0 Å². The van der Waals surface area contributed by atoms with Crippen LogP contribution in [0.4, 0.5) is 13.2 Å². The maximum absolute atomic E-state index is 13.2. The number of aryl methyl sites for hydroxylation is 1. The van der Waals surface area contributed by atoms with Crippen molar-refractivity contribution in [3.63, 3.8) is 0 Å². The smallest absolute Gasteiger partial charge is 0.416 e. The van der Waals surface area contributed by atoms with Crippen molar-refractivity contribution < 1.29 is 27.4 Å². The minimum atomic E-state index is -4.38. The molecule has 0 spiro atoms. The van der Waals surface area contributed by atoms with Crippen molar-refractivity contribution in [3.05, 3.63) is 95.1 Å². The fourth-order valence-corrected chi connectivity index (χ4v) is 4.89. The van der Waals surface area contributed by atoms with E-state index in [4.69, 9.17) is 9.47 Å². The highest BCUT2D eigenvalue weighted by Crippen LogP contribution is 2.41. The molecule has 204 valence electrons. The molecule has 38 heavy (non-hydrogen) atoms. The Morgan fingerprint density at radius 3 is 2.39 bits per heavy atom. The number of nitrogens with zero attached hydrogens (tertiary/aromatic N) is 1. The number of likely N-dealkylation sites (N-methyl/N-ethyl adjacent to an activating group) is 1. The topological polar surface area (TPSA) is 50.8 Å². The van der Waals surface area contributed by atoms with Crippen LogP contribution in [-0.2, 0) is 23.8 Å². The Kier molecular flexibility index (Phi) is 9.80. The van der Waals surface area contributed by atoms with Crippen LogP contribution in [0.3, 0.4) is 0 Å². The number of halogens is 3. The highest BCUT2D eigenvalue weighted by atomic mass is 19.4. The molecule has 1 N–H and O–H groups in total. The first-order chi connectivity index (χ1) is 18.1. The van der Waals surface area contributed by atoms with Gasteiger partial charge in [0.15, 0.2) is 11.5 Å². The van der Waals surface area contributed by atoms with Crippen molar-refractivity contribution >= 4 is 5.91 Å². The number of allylic oxidation sites excluding steroid dienone is 3. The van der Waals surface area contributed by atoms with E-state index in [0.717, 1.165) is 28.8 Å². The molecule has 2 aromatic rings. The van der Waals surface area contributed by atoms with Gasteiger partial charge in [-0.2, -0.15) is 13.2 Å². The lowest BCUT2D eigenvalue weighted by Crippen LogP contribution is -2.50. The number of ether oxygens (including phenoxy) is 2. The largest absolute Gasteiger partial charge is 0.493 e. The molecule has 2 aromatic carbocycles. The summed E-state index contributed by atoms with van der Waals surface area (Å²) in [5.41, 5.74) is 2.84. The van der Waals surface area contributed by atoms with Gasteiger partial charge >= 0.3 is 6.18 Å². The van der Waals surface area contributed by atoms with Gasteiger partial charge in [-0.05, 0) is 72.7 Å². The minimum Gasteiger partial charge on any atom is -0.493 e. The number of hydrogen-bond acceptors (Lipinski definition) is 4. The summed E-state index contributed by atoms with van der Waals surface area (Å²) in [5, 5.41) is 2.77. The van der Waals surface area contributed by atoms with E-state index < -0.39 is 17.8 Å². The summed E-state index contributed by atoms with van der Waals surface area (Å²) in [6, 6.07) is 8.31. The lowest BCUT2D eigenvalue weighted by Gasteiger charge is -2.42. The summed E-state index contributed by atoms with van der Waals surface area (Å²) >= 11 is 0. The van der Waals surface area contributed by atoms with Gasteiger partial charge in [0.1, 0.15) is 6.04 Å². The highest BCUT2D eigenvalue weighted by molar-refractivity contribution is 5.85. The number of benzene rings is 2. The second-order valence-corrected chi connectivity index (χ2v) is 9.12. The number of nitrogens with one attached hydrogen (secondary N) is 1. The van der Waals surface area contributed by atoms with Crippen molar-refractivity contribution in [3.8, 4) is 11.5 Å². The number of rotatable bonds is 10. The Hall–Kier alpha value is -3.52. The lowest BCUT2D eigenvalue weighted by atomic mass is 9.86. The second kappa shape index (κ2) is 12.8. The van der Waals surface area contributed by atoms with Gasteiger partial charge < -0.3 is 14.8 Å². The monoisotopic (exact) mass is 528 g/mol. The molecule has 0 fully saturated rings. The zero-order chi connectivity index (χ0) is 27.9. The standard InChI is InChI=1S/C30H35F3N2O3/c1-6-7-8-9-20(2)28(29(36)34-3)35-17-16-22-18-26(37-4)27(38-5)19-24(22)25(35)15-12-21-10-13-23(14-11-21)30(31,32)33/h6-11,13-14,18-19,25,28H,2,12,15-17H2,1,3-5H3,(H,34,36)/b7-6-,9-8-/t25-,28+/m0/s1. The average Bonchev–Trinajstić information content (AvgIpc) is 2.91. The van der Waals surface area contributed by atoms with Gasteiger partial charge in [-0.15, -0.1) is 0 Å². The van der Waals surface area contributed by atoms with E-state index >= 15 is 0 Å². The molecule has 1 aliphatic rings. The van der Waals surface area contributed by atoms with Gasteiger partial charge in [0.05, 0.1) is 19.8 Å². The quantitative estimate of drug-likeness (QED) is 0.381. The number of fused-ring (bicyclic) bond motifs is 1. The molecule has 3 rings (SSSR count). The molecule has 5 nitrogen and oxygen atoms in total. The van der Waals surface area contributed by atoms with E-state index in [1.54, 1.807) is 21.3 Å². The van der Waals surface area contributed by atoms with E-state index in [9.17, 15) is 18.0 Å². The van der Waals surface area contributed by atoms with E-state index in [1.165, 1.54) is 12.1 Å². The van der Waals surface area contributed by atoms with Gasteiger partial charge in [0.25, 0.3) is 0 Å². The van der Waals surface area contributed by atoms with Crippen LogP contribution in [0.15, 0.2) is 72.9 Å². The molecule has 0 aromatic heterocycles. The molecular weight excluding hydrogens is 493 g/mol. The number of carbonyl (C=O) groups excluding carboxylic acids is 1.